The molecule has 24 heavy (non-hydrogen) atoms. The molecular formula is C20H21BO3. The van der Waals surface area contributed by atoms with Crippen molar-refractivity contribution in [1.29, 1.82) is 0 Å². The molecule has 0 unspecified atom stereocenters. The number of furan rings is 1. The molecule has 1 saturated heterocycles. The third-order valence-corrected chi connectivity index (χ3v) is 5.28. The molecule has 1 aliphatic heterocycles. The van der Waals surface area contributed by atoms with Crippen LogP contribution < -0.4 is 5.46 Å². The van der Waals surface area contributed by atoms with Crippen LogP contribution in [-0.2, 0) is 9.31 Å². The van der Waals surface area contributed by atoms with Gasteiger partial charge in [0.25, 0.3) is 0 Å². The molecule has 0 aliphatic carbocycles. The van der Waals surface area contributed by atoms with Crippen LogP contribution in [0.5, 0.6) is 0 Å². The Balaban J connectivity index is 1.81. The molecule has 1 aromatic heterocycles. The van der Waals surface area contributed by atoms with E-state index in [0.29, 0.717) is 0 Å². The second-order valence-electron chi connectivity index (χ2n) is 7.41. The van der Waals surface area contributed by atoms with Gasteiger partial charge in [-0.2, -0.15) is 0 Å². The first kappa shape index (κ1) is 15.5. The van der Waals surface area contributed by atoms with Gasteiger partial charge in [-0.25, -0.2) is 0 Å². The van der Waals surface area contributed by atoms with Crippen LogP contribution in [-0.4, -0.2) is 18.3 Å². The van der Waals surface area contributed by atoms with Crippen molar-refractivity contribution >= 4 is 40.6 Å². The van der Waals surface area contributed by atoms with Gasteiger partial charge in [-0.15, -0.1) is 0 Å². The molecule has 0 saturated carbocycles. The highest BCUT2D eigenvalue weighted by molar-refractivity contribution is 6.62. The maximum atomic E-state index is 6.16. The summed E-state index contributed by atoms with van der Waals surface area (Å²) in [5.41, 5.74) is 3.11. The van der Waals surface area contributed by atoms with Gasteiger partial charge in [0, 0.05) is 10.8 Å². The van der Waals surface area contributed by atoms with Crippen LogP contribution in [0.25, 0.3) is 28.0 Å². The van der Waals surface area contributed by atoms with Gasteiger partial charge in [-0.05, 0) is 56.9 Å². The first-order valence-corrected chi connectivity index (χ1v) is 8.25. The predicted molar refractivity (Wildman–Crippen MR) is 99.5 cm³/mol. The number of hydrogen-bond donors (Lipinski definition) is 0. The van der Waals surface area contributed by atoms with Crippen molar-refractivity contribution in [2.45, 2.75) is 38.9 Å². The molecule has 0 N–H and O–H groups in total. The molecule has 122 valence electrons. The summed E-state index contributed by atoms with van der Waals surface area (Å²) in [5, 5.41) is 2.17. The summed E-state index contributed by atoms with van der Waals surface area (Å²) in [7, 11) is -0.364. The molecule has 1 fully saturated rings. The molecule has 0 radical (unpaired) electrons. The smallest absolute Gasteiger partial charge is 0.456 e. The standard InChI is InChI=1S/C20H21BO3/c1-6-13-7-9-15-16-12-14(8-10-17(16)22-18(15)11-13)21-23-19(2,3)20(4,5)24-21/h6-12H,1H2,2-5H3. The van der Waals surface area contributed by atoms with E-state index in [9.17, 15) is 0 Å². The average molecular weight is 320 g/mol. The summed E-state index contributed by atoms with van der Waals surface area (Å²) in [6, 6.07) is 12.2. The van der Waals surface area contributed by atoms with Crippen LogP contribution in [0.3, 0.4) is 0 Å². The van der Waals surface area contributed by atoms with Crippen LogP contribution in [0.1, 0.15) is 33.3 Å². The quantitative estimate of drug-likeness (QED) is 0.650. The average Bonchev–Trinajstić information content (AvgIpc) is 3.00. The Morgan fingerprint density at radius 1 is 0.875 bits per heavy atom. The first-order chi connectivity index (χ1) is 11.3. The summed E-state index contributed by atoms with van der Waals surface area (Å²) in [6.07, 6.45) is 1.82. The van der Waals surface area contributed by atoms with E-state index in [4.69, 9.17) is 13.7 Å². The zero-order valence-electron chi connectivity index (χ0n) is 14.6. The topological polar surface area (TPSA) is 31.6 Å². The summed E-state index contributed by atoms with van der Waals surface area (Å²) in [6.45, 7) is 12.1. The van der Waals surface area contributed by atoms with Gasteiger partial charge in [0.05, 0.1) is 11.2 Å². The van der Waals surface area contributed by atoms with E-state index in [-0.39, 0.29) is 18.3 Å². The van der Waals surface area contributed by atoms with Crippen LogP contribution in [0.15, 0.2) is 47.4 Å². The fourth-order valence-corrected chi connectivity index (χ4v) is 3.06. The fraction of sp³-hybridized carbons (Fsp3) is 0.300. The lowest BCUT2D eigenvalue weighted by atomic mass is 9.78. The van der Waals surface area contributed by atoms with Crippen LogP contribution in [0.4, 0.5) is 0 Å². The van der Waals surface area contributed by atoms with E-state index in [0.717, 1.165) is 33.0 Å². The molecule has 4 rings (SSSR count). The van der Waals surface area contributed by atoms with Crippen LogP contribution in [0, 0.1) is 0 Å². The molecular weight excluding hydrogens is 299 g/mol. The van der Waals surface area contributed by atoms with Gasteiger partial charge >= 0.3 is 7.12 Å². The van der Waals surface area contributed by atoms with Crippen molar-refractivity contribution in [3.05, 3.63) is 48.5 Å². The lowest BCUT2D eigenvalue weighted by molar-refractivity contribution is 0.00578. The van der Waals surface area contributed by atoms with E-state index >= 15 is 0 Å². The van der Waals surface area contributed by atoms with Gasteiger partial charge in [0.1, 0.15) is 11.2 Å². The molecule has 4 heteroatoms. The minimum absolute atomic E-state index is 0.343. The van der Waals surface area contributed by atoms with E-state index in [2.05, 4.69) is 46.4 Å². The zero-order valence-corrected chi connectivity index (χ0v) is 14.6. The second-order valence-corrected chi connectivity index (χ2v) is 7.41. The minimum Gasteiger partial charge on any atom is -0.456 e. The maximum absolute atomic E-state index is 6.16. The Hall–Kier alpha value is -2.04. The van der Waals surface area contributed by atoms with E-state index < -0.39 is 0 Å². The molecule has 3 aromatic rings. The zero-order chi connectivity index (χ0) is 17.1. The van der Waals surface area contributed by atoms with Gasteiger partial charge in [0.2, 0.25) is 0 Å². The van der Waals surface area contributed by atoms with E-state index in [1.807, 2.05) is 30.3 Å². The molecule has 1 aliphatic rings. The Morgan fingerprint density at radius 3 is 2.25 bits per heavy atom. The summed E-state index contributed by atoms with van der Waals surface area (Å²) in [5.74, 6) is 0. The lowest BCUT2D eigenvalue weighted by Gasteiger charge is -2.32. The second kappa shape index (κ2) is 4.98. The molecule has 0 spiro atoms. The molecule has 0 atom stereocenters. The Labute approximate surface area is 142 Å². The van der Waals surface area contributed by atoms with Gasteiger partial charge < -0.3 is 13.7 Å². The van der Waals surface area contributed by atoms with Gasteiger partial charge in [0.15, 0.2) is 0 Å². The number of fused-ring (bicyclic) bond motifs is 3. The summed E-state index contributed by atoms with van der Waals surface area (Å²) < 4.78 is 18.3. The summed E-state index contributed by atoms with van der Waals surface area (Å²) in [4.78, 5) is 0. The highest BCUT2D eigenvalue weighted by Crippen LogP contribution is 2.37. The largest absolute Gasteiger partial charge is 0.494 e. The third kappa shape index (κ3) is 2.21. The molecule has 2 aromatic carbocycles. The number of rotatable bonds is 2. The molecule has 0 bridgehead atoms. The number of benzene rings is 2. The SMILES string of the molecule is C=Cc1ccc2c(c1)oc1ccc(B3OC(C)(C)C(C)(C)O3)cc12. The fourth-order valence-electron chi connectivity index (χ4n) is 3.06. The van der Waals surface area contributed by atoms with Crippen molar-refractivity contribution in [2.75, 3.05) is 0 Å². The van der Waals surface area contributed by atoms with Gasteiger partial charge in [-0.3, -0.25) is 0 Å². The lowest BCUT2D eigenvalue weighted by Crippen LogP contribution is -2.41. The van der Waals surface area contributed by atoms with Crippen molar-refractivity contribution in [3.8, 4) is 0 Å². The maximum Gasteiger partial charge on any atom is 0.494 e. The molecule has 3 nitrogen and oxygen atoms in total. The van der Waals surface area contributed by atoms with Gasteiger partial charge in [-0.1, -0.05) is 30.9 Å². The highest BCUT2D eigenvalue weighted by atomic mass is 16.7. The number of hydrogen-bond acceptors (Lipinski definition) is 3. The Morgan fingerprint density at radius 2 is 1.58 bits per heavy atom. The van der Waals surface area contributed by atoms with Crippen molar-refractivity contribution in [2.24, 2.45) is 0 Å². The van der Waals surface area contributed by atoms with Crippen LogP contribution in [0.2, 0.25) is 0 Å². The minimum atomic E-state index is -0.364. The Bertz CT molecular complexity index is 936. The molecule has 2 heterocycles. The Kier molecular flexibility index (Phi) is 3.21. The summed E-state index contributed by atoms with van der Waals surface area (Å²) >= 11 is 0. The predicted octanol–water partition coefficient (Wildman–Crippen LogP) is 4.53. The van der Waals surface area contributed by atoms with E-state index in [1.54, 1.807) is 0 Å². The van der Waals surface area contributed by atoms with Crippen LogP contribution >= 0.6 is 0 Å². The normalized spacial score (nSPS) is 19.2. The highest BCUT2D eigenvalue weighted by Gasteiger charge is 2.51. The van der Waals surface area contributed by atoms with Crippen molar-refractivity contribution < 1.29 is 13.7 Å². The molecule has 0 amide bonds. The van der Waals surface area contributed by atoms with E-state index in [1.165, 1.54) is 0 Å². The van der Waals surface area contributed by atoms with Crippen molar-refractivity contribution in [3.63, 3.8) is 0 Å². The van der Waals surface area contributed by atoms with Crippen molar-refractivity contribution in [1.82, 2.24) is 0 Å². The monoisotopic (exact) mass is 320 g/mol. The third-order valence-electron chi connectivity index (χ3n) is 5.28. The first-order valence-electron chi connectivity index (χ1n) is 8.25.